The normalized spacial score (nSPS) is 21.5. The van der Waals surface area contributed by atoms with E-state index in [9.17, 15) is 9.59 Å². The number of hydrogen-bond acceptors (Lipinski definition) is 6. The van der Waals surface area contributed by atoms with Crippen LogP contribution in [-0.4, -0.2) is 65.0 Å². The van der Waals surface area contributed by atoms with Crippen molar-refractivity contribution in [3.63, 3.8) is 0 Å². The highest BCUT2D eigenvalue weighted by Gasteiger charge is 2.54. The number of rotatable bonds is 7. The van der Waals surface area contributed by atoms with Gasteiger partial charge in [-0.2, -0.15) is 0 Å². The first kappa shape index (κ1) is 22.0. The number of fused-ring (bicyclic) bond motifs is 3. The molecule has 0 bridgehead atoms. The molecule has 176 valence electrons. The number of aryl methyl sites for hydroxylation is 1. The number of benzene rings is 2. The maximum Gasteiger partial charge on any atom is 0.328 e. The summed E-state index contributed by atoms with van der Waals surface area (Å²) in [5.41, 5.74) is 3.09. The number of ether oxygens (including phenoxy) is 1. The summed E-state index contributed by atoms with van der Waals surface area (Å²) in [6.45, 7) is 4.94. The zero-order chi connectivity index (χ0) is 23.8. The Kier molecular flexibility index (Phi) is 5.73. The molecule has 0 aromatic heterocycles. The van der Waals surface area contributed by atoms with Crippen LogP contribution < -0.4 is 9.64 Å². The molecule has 8 heteroatoms. The summed E-state index contributed by atoms with van der Waals surface area (Å²) in [5.74, 6) is 1.27. The third-order valence-corrected chi connectivity index (χ3v) is 6.48. The minimum atomic E-state index is -0.558. The number of guanidine groups is 1. The largest absolute Gasteiger partial charge is 0.494 e. The lowest BCUT2D eigenvalue weighted by atomic mass is 10.1. The van der Waals surface area contributed by atoms with E-state index in [1.807, 2.05) is 72.3 Å². The van der Waals surface area contributed by atoms with Gasteiger partial charge < -0.3 is 14.5 Å². The van der Waals surface area contributed by atoms with E-state index in [0.29, 0.717) is 25.5 Å². The summed E-state index contributed by atoms with van der Waals surface area (Å²) in [6, 6.07) is 17.1. The van der Waals surface area contributed by atoms with Crippen molar-refractivity contribution in [3.05, 3.63) is 72.1 Å². The second-order valence-electron chi connectivity index (χ2n) is 8.70. The third-order valence-electron chi connectivity index (χ3n) is 6.48. The maximum atomic E-state index is 13.5. The van der Waals surface area contributed by atoms with Crippen LogP contribution >= 0.6 is 0 Å². The molecular formula is C26H29N5O3. The molecule has 1 saturated heterocycles. The number of allylic oxidation sites excluding steroid dienone is 1. The first-order valence-corrected chi connectivity index (χ1v) is 11.7. The zero-order valence-corrected chi connectivity index (χ0v) is 19.7. The first-order valence-electron chi connectivity index (χ1n) is 11.7. The number of imide groups is 1. The van der Waals surface area contributed by atoms with E-state index in [0.717, 1.165) is 23.6 Å². The van der Waals surface area contributed by atoms with Crippen molar-refractivity contribution in [2.45, 2.75) is 38.9 Å². The van der Waals surface area contributed by atoms with Crippen LogP contribution in [0.1, 0.15) is 25.8 Å². The number of anilines is 1. The summed E-state index contributed by atoms with van der Waals surface area (Å²) in [7, 11) is 1.72. The minimum Gasteiger partial charge on any atom is -0.494 e. The van der Waals surface area contributed by atoms with E-state index in [1.165, 1.54) is 10.5 Å². The van der Waals surface area contributed by atoms with Crippen molar-refractivity contribution in [2.24, 2.45) is 4.99 Å². The van der Waals surface area contributed by atoms with Gasteiger partial charge in [0.15, 0.2) is 12.2 Å². The lowest BCUT2D eigenvalue weighted by molar-refractivity contribution is -0.136. The van der Waals surface area contributed by atoms with Gasteiger partial charge in [-0.3, -0.25) is 14.6 Å². The van der Waals surface area contributed by atoms with Crippen LogP contribution in [0.3, 0.4) is 0 Å². The van der Waals surface area contributed by atoms with Gasteiger partial charge in [0.2, 0.25) is 5.96 Å². The molecule has 2 atom stereocenters. The smallest absolute Gasteiger partial charge is 0.328 e. The van der Waals surface area contributed by atoms with Gasteiger partial charge in [-0.15, -0.1) is 0 Å². The fraction of sp³-hybridized carbons (Fsp3) is 0.346. The van der Waals surface area contributed by atoms with Crippen LogP contribution in [0, 0.1) is 0 Å². The van der Waals surface area contributed by atoms with E-state index in [1.54, 1.807) is 11.9 Å². The molecule has 0 aliphatic carbocycles. The van der Waals surface area contributed by atoms with Gasteiger partial charge in [0.25, 0.3) is 5.91 Å². The van der Waals surface area contributed by atoms with Crippen LogP contribution in [0.2, 0.25) is 0 Å². The Bertz CT molecular complexity index is 1140. The van der Waals surface area contributed by atoms with Crippen molar-refractivity contribution in [1.82, 2.24) is 14.7 Å². The standard InChI is InChI=1S/C26H29N5O3/c1-4-34-21-14-12-20(13-15-21)31-18(2)17-30-22-23(27-25(30)31)28(3)26(33)29(24(22)32)16-8-11-19-9-6-5-7-10-19/h5-7,9-10,12-15,17,22-23H,4,8,11,16H2,1-3H3. The number of carbonyl (C=O) groups is 2. The van der Waals surface area contributed by atoms with Crippen LogP contribution in [0.4, 0.5) is 10.5 Å². The molecule has 8 nitrogen and oxygen atoms in total. The summed E-state index contributed by atoms with van der Waals surface area (Å²) in [6.07, 6.45) is 2.93. The van der Waals surface area contributed by atoms with Gasteiger partial charge >= 0.3 is 6.03 Å². The Hall–Kier alpha value is -3.81. The number of carbonyl (C=O) groups excluding carboxylic acids is 2. The molecule has 2 unspecified atom stereocenters. The summed E-state index contributed by atoms with van der Waals surface area (Å²) >= 11 is 0. The molecule has 0 N–H and O–H groups in total. The predicted molar refractivity (Wildman–Crippen MR) is 130 cm³/mol. The molecule has 3 heterocycles. The molecule has 3 aliphatic rings. The Morgan fingerprint density at radius 3 is 2.47 bits per heavy atom. The van der Waals surface area contributed by atoms with E-state index in [2.05, 4.69) is 12.1 Å². The van der Waals surface area contributed by atoms with Crippen LogP contribution in [0.15, 0.2) is 71.5 Å². The molecule has 3 amide bonds. The second kappa shape index (κ2) is 8.85. The van der Waals surface area contributed by atoms with Crippen molar-refractivity contribution >= 4 is 23.6 Å². The molecule has 0 radical (unpaired) electrons. The SMILES string of the molecule is CCOc1ccc(N2C(C)=CN3C2=NC2C3C(=O)N(CCCc3ccccc3)C(=O)N2C)cc1. The number of nitrogens with zero attached hydrogens (tertiary/aromatic N) is 5. The quantitative estimate of drug-likeness (QED) is 0.632. The number of urea groups is 1. The Labute approximate surface area is 199 Å². The van der Waals surface area contributed by atoms with Crippen LogP contribution in [-0.2, 0) is 11.2 Å². The molecule has 3 aliphatic heterocycles. The lowest BCUT2D eigenvalue weighted by Gasteiger charge is -2.40. The Morgan fingerprint density at radius 1 is 1.03 bits per heavy atom. The highest BCUT2D eigenvalue weighted by atomic mass is 16.5. The molecule has 34 heavy (non-hydrogen) atoms. The molecule has 2 aromatic rings. The fourth-order valence-electron chi connectivity index (χ4n) is 4.82. The average Bonchev–Trinajstić information content (AvgIpc) is 3.36. The van der Waals surface area contributed by atoms with Crippen molar-refractivity contribution in [3.8, 4) is 5.75 Å². The summed E-state index contributed by atoms with van der Waals surface area (Å²) in [5, 5.41) is 0. The first-order chi connectivity index (χ1) is 16.5. The van der Waals surface area contributed by atoms with E-state index < -0.39 is 12.2 Å². The molecule has 1 fully saturated rings. The van der Waals surface area contributed by atoms with Gasteiger partial charge in [-0.25, -0.2) is 9.79 Å². The topological polar surface area (TPSA) is 68.7 Å². The van der Waals surface area contributed by atoms with E-state index >= 15 is 0 Å². The van der Waals surface area contributed by atoms with Crippen LogP contribution in [0.5, 0.6) is 5.75 Å². The molecule has 2 aromatic carbocycles. The van der Waals surface area contributed by atoms with Gasteiger partial charge in [-0.1, -0.05) is 30.3 Å². The Balaban J connectivity index is 1.34. The summed E-state index contributed by atoms with van der Waals surface area (Å²) in [4.78, 5) is 38.3. The number of likely N-dealkylation sites (N-methyl/N-ethyl adjacent to an activating group) is 1. The zero-order valence-electron chi connectivity index (χ0n) is 19.7. The monoisotopic (exact) mass is 459 g/mol. The fourth-order valence-corrected chi connectivity index (χ4v) is 4.82. The van der Waals surface area contributed by atoms with Gasteiger partial charge in [-0.05, 0) is 56.5 Å². The molecular weight excluding hydrogens is 430 g/mol. The van der Waals surface area contributed by atoms with Crippen molar-refractivity contribution in [2.75, 3.05) is 25.1 Å². The van der Waals surface area contributed by atoms with Crippen LogP contribution in [0.25, 0.3) is 0 Å². The van der Waals surface area contributed by atoms with E-state index in [4.69, 9.17) is 9.73 Å². The lowest BCUT2D eigenvalue weighted by Crippen LogP contribution is -2.64. The molecule has 0 spiro atoms. The van der Waals surface area contributed by atoms with Gasteiger partial charge in [0, 0.05) is 31.2 Å². The maximum absolute atomic E-state index is 13.5. The number of hydrogen-bond donors (Lipinski definition) is 0. The summed E-state index contributed by atoms with van der Waals surface area (Å²) < 4.78 is 5.56. The highest BCUT2D eigenvalue weighted by molar-refractivity contribution is 6.09. The molecule has 0 saturated carbocycles. The minimum absolute atomic E-state index is 0.197. The number of aliphatic imine (C=N–C) groups is 1. The number of amides is 3. The Morgan fingerprint density at radius 2 is 1.76 bits per heavy atom. The average molecular weight is 460 g/mol. The predicted octanol–water partition coefficient (Wildman–Crippen LogP) is 3.66. The van der Waals surface area contributed by atoms with Crippen molar-refractivity contribution in [1.29, 1.82) is 0 Å². The highest BCUT2D eigenvalue weighted by Crippen LogP contribution is 2.37. The van der Waals surface area contributed by atoms with E-state index in [-0.39, 0.29) is 11.9 Å². The van der Waals surface area contributed by atoms with Gasteiger partial charge in [0.1, 0.15) is 5.75 Å². The second-order valence-corrected chi connectivity index (χ2v) is 8.70. The third kappa shape index (κ3) is 3.69. The van der Waals surface area contributed by atoms with Crippen molar-refractivity contribution < 1.29 is 14.3 Å². The molecule has 5 rings (SSSR count). The van der Waals surface area contributed by atoms with Gasteiger partial charge in [0.05, 0.1) is 6.61 Å².